The Bertz CT molecular complexity index is 980. The second kappa shape index (κ2) is 11.6. The molecule has 34 heavy (non-hydrogen) atoms. The maximum atomic E-state index is 12.4. The Kier molecular flexibility index (Phi) is 8.61. The molecule has 2 aromatic rings. The Labute approximate surface area is 199 Å². The van der Waals surface area contributed by atoms with Gasteiger partial charge >= 0.3 is 6.09 Å². The summed E-state index contributed by atoms with van der Waals surface area (Å²) >= 11 is 0. The normalized spacial score (nSPS) is 15.1. The molecule has 10 heteroatoms. The van der Waals surface area contributed by atoms with Crippen molar-refractivity contribution >= 4 is 29.3 Å². The molecule has 1 saturated carbocycles. The molecule has 0 bridgehead atoms. The van der Waals surface area contributed by atoms with Crippen molar-refractivity contribution in [2.24, 2.45) is 0 Å². The van der Waals surface area contributed by atoms with Crippen LogP contribution in [0.25, 0.3) is 0 Å². The first-order valence-corrected chi connectivity index (χ1v) is 11.7. The second-order valence-corrected chi connectivity index (χ2v) is 8.54. The average Bonchev–Trinajstić information content (AvgIpc) is 3.17. The van der Waals surface area contributed by atoms with Crippen LogP contribution in [0.5, 0.6) is 0 Å². The lowest BCUT2D eigenvalue weighted by Crippen LogP contribution is -2.45. The smallest absolute Gasteiger partial charge is 0.413 e. The van der Waals surface area contributed by atoms with E-state index < -0.39 is 11.6 Å². The molecule has 1 aliphatic carbocycles. The molecule has 0 radical (unpaired) electrons. The summed E-state index contributed by atoms with van der Waals surface area (Å²) in [5.41, 5.74) is 0.659. The van der Waals surface area contributed by atoms with E-state index in [2.05, 4.69) is 20.8 Å². The van der Waals surface area contributed by atoms with Crippen molar-refractivity contribution in [3.8, 4) is 0 Å². The molecule has 0 spiro atoms. The van der Waals surface area contributed by atoms with Gasteiger partial charge in [0, 0.05) is 38.2 Å². The summed E-state index contributed by atoms with van der Waals surface area (Å²) < 4.78 is 10.4. The first-order chi connectivity index (χ1) is 16.3. The van der Waals surface area contributed by atoms with Gasteiger partial charge in [0.15, 0.2) is 5.82 Å². The van der Waals surface area contributed by atoms with Crippen molar-refractivity contribution < 1.29 is 23.6 Å². The molecule has 1 aromatic heterocycles. The maximum absolute atomic E-state index is 12.4. The standard InChI is InChI=1S/C24H33N5O5/c1-4-33-23(32)29(3)19-11-9-18(10-12-19)25-20(31)13-14-21-26-22(28-34-21)24(27-17(2)30)15-7-5-6-8-16-24/h9-12H,4-8,13-16H2,1-3H3,(H,25,31)(H,27,30). The number of hydrogen-bond donors (Lipinski definition) is 2. The molecule has 184 valence electrons. The monoisotopic (exact) mass is 471 g/mol. The van der Waals surface area contributed by atoms with Crippen molar-refractivity contribution in [2.75, 3.05) is 23.9 Å². The quantitative estimate of drug-likeness (QED) is 0.559. The van der Waals surface area contributed by atoms with E-state index in [0.29, 0.717) is 36.1 Å². The Balaban J connectivity index is 1.56. The van der Waals surface area contributed by atoms with Crippen LogP contribution in [0.15, 0.2) is 28.8 Å². The molecule has 0 atom stereocenters. The van der Waals surface area contributed by atoms with Crippen LogP contribution >= 0.6 is 0 Å². The summed E-state index contributed by atoms with van der Waals surface area (Å²) in [4.78, 5) is 42.0. The highest BCUT2D eigenvalue weighted by Crippen LogP contribution is 2.34. The summed E-state index contributed by atoms with van der Waals surface area (Å²) in [5.74, 6) is 0.538. The molecular formula is C24H33N5O5. The largest absolute Gasteiger partial charge is 0.449 e. The fourth-order valence-electron chi connectivity index (χ4n) is 4.16. The van der Waals surface area contributed by atoms with Gasteiger partial charge in [-0.1, -0.05) is 30.8 Å². The Morgan fingerprint density at radius 2 is 1.79 bits per heavy atom. The fraction of sp³-hybridized carbons (Fsp3) is 0.542. The number of carbonyl (C=O) groups is 3. The van der Waals surface area contributed by atoms with Gasteiger partial charge in [0.1, 0.15) is 5.54 Å². The van der Waals surface area contributed by atoms with Crippen LogP contribution in [0, 0.1) is 0 Å². The zero-order chi connectivity index (χ0) is 24.6. The lowest BCUT2D eigenvalue weighted by Gasteiger charge is -2.30. The van der Waals surface area contributed by atoms with Crippen LogP contribution in [0.1, 0.15) is 70.5 Å². The number of carbonyl (C=O) groups excluding carboxylic acids is 3. The number of ether oxygens (including phenoxy) is 1. The number of hydrogen-bond acceptors (Lipinski definition) is 7. The number of anilines is 2. The molecule has 3 rings (SSSR count). The van der Waals surface area contributed by atoms with Crippen LogP contribution in [-0.4, -0.2) is 41.7 Å². The molecule has 1 aromatic carbocycles. The minimum absolute atomic E-state index is 0.118. The van der Waals surface area contributed by atoms with Gasteiger partial charge in [0.2, 0.25) is 17.7 Å². The summed E-state index contributed by atoms with van der Waals surface area (Å²) in [6.45, 7) is 3.55. The number of aryl methyl sites for hydroxylation is 1. The van der Waals surface area contributed by atoms with Gasteiger partial charge < -0.3 is 19.9 Å². The van der Waals surface area contributed by atoms with Crippen LogP contribution in [0.3, 0.4) is 0 Å². The summed E-state index contributed by atoms with van der Waals surface area (Å²) in [6.07, 6.45) is 5.77. The molecule has 1 aliphatic rings. The zero-order valence-electron chi connectivity index (χ0n) is 20.1. The van der Waals surface area contributed by atoms with Gasteiger partial charge in [-0.05, 0) is 44.0 Å². The summed E-state index contributed by atoms with van der Waals surface area (Å²) in [7, 11) is 1.62. The Morgan fingerprint density at radius 3 is 2.41 bits per heavy atom. The first kappa shape index (κ1) is 25.2. The molecule has 0 aliphatic heterocycles. The van der Waals surface area contributed by atoms with Crippen molar-refractivity contribution in [1.29, 1.82) is 0 Å². The van der Waals surface area contributed by atoms with Crippen molar-refractivity contribution in [3.05, 3.63) is 36.0 Å². The summed E-state index contributed by atoms with van der Waals surface area (Å²) in [6, 6.07) is 6.89. The van der Waals surface area contributed by atoms with Crippen molar-refractivity contribution in [2.45, 2.75) is 70.8 Å². The van der Waals surface area contributed by atoms with Crippen LogP contribution < -0.4 is 15.5 Å². The van der Waals surface area contributed by atoms with Crippen LogP contribution in [0.4, 0.5) is 16.2 Å². The van der Waals surface area contributed by atoms with E-state index in [-0.39, 0.29) is 18.2 Å². The van der Waals surface area contributed by atoms with Gasteiger partial charge in [-0.25, -0.2) is 4.79 Å². The number of aromatic nitrogens is 2. The van der Waals surface area contributed by atoms with Crippen LogP contribution in [-0.2, 0) is 26.3 Å². The number of nitrogens with one attached hydrogen (secondary N) is 2. The third kappa shape index (κ3) is 6.55. The van der Waals surface area contributed by atoms with E-state index in [1.807, 2.05) is 0 Å². The molecule has 0 saturated heterocycles. The summed E-state index contributed by atoms with van der Waals surface area (Å²) in [5, 5.41) is 10.0. The highest BCUT2D eigenvalue weighted by Gasteiger charge is 2.38. The molecule has 10 nitrogen and oxygen atoms in total. The second-order valence-electron chi connectivity index (χ2n) is 8.54. The molecule has 2 N–H and O–H groups in total. The lowest BCUT2D eigenvalue weighted by molar-refractivity contribution is -0.121. The topological polar surface area (TPSA) is 127 Å². The van der Waals surface area contributed by atoms with Crippen LogP contribution in [0.2, 0.25) is 0 Å². The van der Waals surface area contributed by atoms with E-state index in [0.717, 1.165) is 38.5 Å². The maximum Gasteiger partial charge on any atom is 0.413 e. The van der Waals surface area contributed by atoms with Gasteiger partial charge in [0.05, 0.1) is 6.61 Å². The predicted octanol–water partition coefficient (Wildman–Crippen LogP) is 3.92. The SMILES string of the molecule is CCOC(=O)N(C)c1ccc(NC(=O)CCc2nc(C3(NC(C)=O)CCCCCC3)no2)cc1. The van der Waals surface area contributed by atoms with E-state index in [9.17, 15) is 14.4 Å². The fourth-order valence-corrected chi connectivity index (χ4v) is 4.16. The lowest BCUT2D eigenvalue weighted by atomic mass is 9.89. The third-order valence-corrected chi connectivity index (χ3v) is 5.91. The molecular weight excluding hydrogens is 438 g/mol. The number of rotatable bonds is 8. The highest BCUT2D eigenvalue weighted by atomic mass is 16.6. The minimum atomic E-state index is -0.606. The minimum Gasteiger partial charge on any atom is -0.449 e. The Hall–Kier alpha value is -3.43. The molecule has 3 amide bonds. The zero-order valence-corrected chi connectivity index (χ0v) is 20.1. The van der Waals surface area contributed by atoms with E-state index >= 15 is 0 Å². The average molecular weight is 472 g/mol. The third-order valence-electron chi connectivity index (χ3n) is 5.91. The number of nitrogens with zero attached hydrogens (tertiary/aromatic N) is 3. The van der Waals surface area contributed by atoms with E-state index in [1.54, 1.807) is 38.2 Å². The van der Waals surface area contributed by atoms with Gasteiger partial charge in [-0.2, -0.15) is 4.98 Å². The van der Waals surface area contributed by atoms with Gasteiger partial charge in [0.25, 0.3) is 0 Å². The molecule has 0 unspecified atom stereocenters. The van der Waals surface area contributed by atoms with Gasteiger partial charge in [-0.3, -0.25) is 14.5 Å². The molecule has 1 heterocycles. The highest BCUT2D eigenvalue weighted by molar-refractivity contribution is 5.92. The Morgan fingerprint density at radius 1 is 1.12 bits per heavy atom. The van der Waals surface area contributed by atoms with Gasteiger partial charge in [-0.15, -0.1) is 0 Å². The predicted molar refractivity (Wildman–Crippen MR) is 126 cm³/mol. The molecule has 1 fully saturated rings. The number of benzene rings is 1. The van der Waals surface area contributed by atoms with E-state index in [1.165, 1.54) is 11.8 Å². The van der Waals surface area contributed by atoms with Crippen molar-refractivity contribution in [3.63, 3.8) is 0 Å². The van der Waals surface area contributed by atoms with Crippen molar-refractivity contribution in [1.82, 2.24) is 15.5 Å². The number of amides is 3. The first-order valence-electron chi connectivity index (χ1n) is 11.7. The van der Waals surface area contributed by atoms with E-state index in [4.69, 9.17) is 9.26 Å².